The molecule has 2 saturated heterocycles. The zero-order chi connectivity index (χ0) is 33.3. The van der Waals surface area contributed by atoms with Gasteiger partial charge in [0.1, 0.15) is 29.9 Å². The highest BCUT2D eigenvalue weighted by Crippen LogP contribution is 2.33. The summed E-state index contributed by atoms with van der Waals surface area (Å²) >= 11 is 1.03. The maximum Gasteiger partial charge on any atom is 0.418 e. The Bertz CT molecular complexity index is 1930. The maximum atomic E-state index is 13.4. The molecule has 0 radical (unpaired) electrons. The number of hydroxylamine groups is 2. The number of tetrazole rings is 1. The van der Waals surface area contributed by atoms with E-state index >= 15 is 0 Å². The Morgan fingerprint density at radius 3 is 2.72 bits per heavy atom. The summed E-state index contributed by atoms with van der Waals surface area (Å²) < 4.78 is 41.6. The molecule has 4 aromatic rings. The van der Waals surface area contributed by atoms with Crippen molar-refractivity contribution >= 4 is 61.1 Å². The van der Waals surface area contributed by atoms with Crippen LogP contribution in [0, 0.1) is 0 Å². The molecule has 2 aliphatic heterocycles. The molecule has 2 atom stereocenters. The number of β-lactam (4-membered cyclic amide) rings is 1. The smallest absolute Gasteiger partial charge is 0.418 e. The lowest BCUT2D eigenvalue weighted by Crippen LogP contribution is -2.76. The van der Waals surface area contributed by atoms with E-state index in [0.29, 0.717) is 16.9 Å². The number of anilines is 2. The predicted molar refractivity (Wildman–Crippen MR) is 164 cm³/mol. The molecule has 0 saturated carbocycles. The van der Waals surface area contributed by atoms with E-state index in [4.69, 9.17) is 19.9 Å². The van der Waals surface area contributed by atoms with Crippen LogP contribution in [0.4, 0.5) is 10.9 Å². The first-order valence-corrected chi connectivity index (χ1v) is 16.1. The number of benzene rings is 1. The summed E-state index contributed by atoms with van der Waals surface area (Å²) in [6, 6.07) is 8.25. The fraction of sp³-hybridized carbons (Fsp3) is 0.360. The van der Waals surface area contributed by atoms with E-state index in [2.05, 4.69) is 56.0 Å². The molecule has 7 N–H and O–H groups in total. The van der Waals surface area contributed by atoms with Crippen molar-refractivity contribution in [2.45, 2.75) is 37.6 Å². The highest BCUT2D eigenvalue weighted by molar-refractivity contribution is 7.80. The summed E-state index contributed by atoms with van der Waals surface area (Å²) in [4.78, 5) is 40.5. The fourth-order valence-electron chi connectivity index (χ4n) is 4.64. The number of oxime groups is 1. The molecule has 3 aromatic heterocycles. The van der Waals surface area contributed by atoms with Gasteiger partial charge in [0.2, 0.25) is 11.9 Å². The topological polar surface area (TPSA) is 274 Å². The van der Waals surface area contributed by atoms with Gasteiger partial charge in [0.25, 0.3) is 11.8 Å². The molecule has 22 heteroatoms. The highest BCUT2D eigenvalue weighted by atomic mass is 32.3. The lowest BCUT2D eigenvalue weighted by atomic mass is 9.84. The standard InChI is InChI=1S/C25H28N12O8S2/c1-25(2)20(23(39)37(25)45-47(40,41)42)31-22(38)19(16-11-46-24(26)30-16)34-44-17(21-32-35-36-33-21)10-43-14-4-5-15-12(7-14)3-6-18(29-15)28-13-8-27-9-13/h3-7,11,13,17,20,27H,8-10H2,1-2H3,(H2,26,30)(H,28,29)(H,31,38)(H,40,41,42)(H,32,33,35,36)/b34-19-/t17?,20-/m1/s1. The van der Waals surface area contributed by atoms with E-state index < -0.39 is 39.9 Å². The summed E-state index contributed by atoms with van der Waals surface area (Å²) in [5.74, 6) is -0.534. The van der Waals surface area contributed by atoms with Crippen molar-refractivity contribution in [1.29, 1.82) is 0 Å². The number of ether oxygens (including phenoxy) is 1. The van der Waals surface area contributed by atoms with Gasteiger partial charge in [-0.15, -0.1) is 25.8 Å². The predicted octanol–water partition coefficient (Wildman–Crippen LogP) is -0.449. The van der Waals surface area contributed by atoms with Gasteiger partial charge < -0.3 is 31.3 Å². The van der Waals surface area contributed by atoms with Crippen molar-refractivity contribution in [3.63, 3.8) is 0 Å². The minimum absolute atomic E-state index is 0.0258. The van der Waals surface area contributed by atoms with E-state index in [1.54, 1.807) is 12.1 Å². The number of nitrogens with one attached hydrogen (secondary N) is 4. The summed E-state index contributed by atoms with van der Waals surface area (Å²) in [6.45, 7) is 4.43. The average molecular weight is 689 g/mol. The van der Waals surface area contributed by atoms with Crippen molar-refractivity contribution in [2.24, 2.45) is 5.16 Å². The van der Waals surface area contributed by atoms with Gasteiger partial charge in [-0.25, -0.2) is 9.97 Å². The van der Waals surface area contributed by atoms with Crippen molar-refractivity contribution in [3.8, 4) is 5.75 Å². The second-order valence-corrected chi connectivity index (χ2v) is 12.8. The number of carbonyl (C=O) groups is 2. The fourth-order valence-corrected chi connectivity index (χ4v) is 5.64. The molecule has 47 heavy (non-hydrogen) atoms. The van der Waals surface area contributed by atoms with Gasteiger partial charge in [-0.05, 0) is 44.2 Å². The molecule has 5 heterocycles. The number of amides is 2. The number of aromatic amines is 1. The number of rotatable bonds is 13. The minimum atomic E-state index is -4.99. The molecule has 2 fully saturated rings. The highest BCUT2D eigenvalue weighted by Gasteiger charge is 2.58. The van der Waals surface area contributed by atoms with Crippen molar-refractivity contribution in [3.05, 3.63) is 47.2 Å². The molecule has 6 rings (SSSR count). The van der Waals surface area contributed by atoms with Crippen molar-refractivity contribution in [2.75, 3.05) is 30.7 Å². The van der Waals surface area contributed by atoms with Crippen LogP contribution in [0.5, 0.6) is 5.75 Å². The number of pyridine rings is 1. The number of nitrogens with zero attached hydrogens (tertiary/aromatic N) is 7. The summed E-state index contributed by atoms with van der Waals surface area (Å²) in [6.07, 6.45) is -1.08. The summed E-state index contributed by atoms with van der Waals surface area (Å²) in [5.41, 5.74) is 4.82. The summed E-state index contributed by atoms with van der Waals surface area (Å²) in [7, 11) is -4.99. The molecule has 1 unspecified atom stereocenters. The second kappa shape index (κ2) is 12.6. The van der Waals surface area contributed by atoms with Gasteiger partial charge in [0.15, 0.2) is 10.8 Å². The minimum Gasteiger partial charge on any atom is -0.489 e. The number of nitrogen functional groups attached to an aromatic ring is 1. The van der Waals surface area contributed by atoms with E-state index in [0.717, 1.165) is 41.1 Å². The van der Waals surface area contributed by atoms with Crippen LogP contribution < -0.4 is 26.4 Å². The van der Waals surface area contributed by atoms with E-state index in [-0.39, 0.29) is 29.0 Å². The Labute approximate surface area is 270 Å². The number of nitrogens with two attached hydrogens (primary N) is 1. The molecule has 0 bridgehead atoms. The Hall–Kier alpha value is -5.03. The molecular formula is C25H28N12O8S2. The lowest BCUT2D eigenvalue weighted by Gasteiger charge is -2.50. The van der Waals surface area contributed by atoms with Gasteiger partial charge in [-0.3, -0.25) is 14.1 Å². The van der Waals surface area contributed by atoms with Crippen LogP contribution in [-0.2, 0) is 29.1 Å². The molecular weight excluding hydrogens is 660 g/mol. The van der Waals surface area contributed by atoms with E-state index in [1.807, 2.05) is 18.2 Å². The van der Waals surface area contributed by atoms with Crippen LogP contribution in [0.3, 0.4) is 0 Å². The molecule has 0 aliphatic carbocycles. The molecule has 248 valence electrons. The van der Waals surface area contributed by atoms with Gasteiger partial charge in [0, 0.05) is 23.9 Å². The number of H-pyrrole nitrogens is 1. The van der Waals surface area contributed by atoms with Crippen LogP contribution in [0.25, 0.3) is 10.9 Å². The number of hydrogen-bond acceptors (Lipinski definition) is 17. The number of aromatic nitrogens is 6. The Morgan fingerprint density at radius 2 is 2.09 bits per heavy atom. The quantitative estimate of drug-likeness (QED) is 0.0449. The number of hydrogen-bond donors (Lipinski definition) is 6. The zero-order valence-electron chi connectivity index (χ0n) is 24.6. The monoisotopic (exact) mass is 688 g/mol. The SMILES string of the molecule is CC1(C)[C@H](NC(=O)/C(=N\OC(COc2ccc3nc(NC4CNC4)ccc3c2)c2nn[nH]n2)c2csc(N)n2)C(=O)N1OS(=O)(=O)O. The first-order chi connectivity index (χ1) is 22.4. The first kappa shape index (κ1) is 31.9. The van der Waals surface area contributed by atoms with Crippen LogP contribution >= 0.6 is 11.3 Å². The third-order valence-electron chi connectivity index (χ3n) is 7.22. The third-order valence-corrected chi connectivity index (χ3v) is 8.23. The van der Waals surface area contributed by atoms with Gasteiger partial charge >= 0.3 is 10.4 Å². The van der Waals surface area contributed by atoms with Gasteiger partial charge in [0.05, 0.1) is 17.1 Å². The second-order valence-electron chi connectivity index (χ2n) is 10.9. The number of carbonyl (C=O) groups excluding carboxylic acids is 2. The summed E-state index contributed by atoms with van der Waals surface area (Å²) in [5, 5.41) is 29.7. The largest absolute Gasteiger partial charge is 0.489 e. The Balaban J connectivity index is 1.18. The number of thiazole rings is 1. The van der Waals surface area contributed by atoms with Crippen LogP contribution in [-0.4, -0.2) is 103 Å². The molecule has 20 nitrogen and oxygen atoms in total. The first-order valence-electron chi connectivity index (χ1n) is 13.9. The van der Waals surface area contributed by atoms with Gasteiger partial charge in [-0.1, -0.05) is 10.4 Å². The average Bonchev–Trinajstić information content (AvgIpc) is 3.70. The van der Waals surface area contributed by atoms with Crippen LogP contribution in [0.1, 0.15) is 31.5 Å². The maximum absolute atomic E-state index is 13.4. The Morgan fingerprint density at radius 1 is 1.28 bits per heavy atom. The number of fused-ring (bicyclic) bond motifs is 1. The Kier molecular flexibility index (Phi) is 8.59. The molecule has 1 aromatic carbocycles. The van der Waals surface area contributed by atoms with E-state index in [1.165, 1.54) is 19.2 Å². The normalized spacial score (nSPS) is 18.7. The zero-order valence-corrected chi connectivity index (χ0v) is 26.3. The van der Waals surface area contributed by atoms with Crippen molar-refractivity contribution < 1.29 is 36.4 Å². The molecule has 0 spiro atoms. The molecule has 2 aliphatic rings. The van der Waals surface area contributed by atoms with Gasteiger partial charge in [-0.2, -0.15) is 18.7 Å². The van der Waals surface area contributed by atoms with E-state index in [9.17, 15) is 18.0 Å². The van der Waals surface area contributed by atoms with Crippen LogP contribution in [0.2, 0.25) is 0 Å². The van der Waals surface area contributed by atoms with Crippen molar-refractivity contribution in [1.82, 2.24) is 46.3 Å². The third kappa shape index (κ3) is 7.05. The van der Waals surface area contributed by atoms with Crippen LogP contribution in [0.15, 0.2) is 40.9 Å². The lowest BCUT2D eigenvalue weighted by molar-refractivity contribution is -0.218. The molecule has 2 amide bonds.